The van der Waals surface area contributed by atoms with Crippen molar-refractivity contribution in [2.24, 2.45) is 7.05 Å². The summed E-state index contributed by atoms with van der Waals surface area (Å²) < 4.78 is 17.6. The fourth-order valence-corrected chi connectivity index (χ4v) is 3.27. The average molecular weight is 500 g/mol. The van der Waals surface area contributed by atoms with Gasteiger partial charge in [-0.2, -0.15) is 5.10 Å². The molecule has 0 atom stereocenters. The molecule has 2 amide bonds. The summed E-state index contributed by atoms with van der Waals surface area (Å²) in [6.07, 6.45) is 2.99. The molecule has 2 N–H and O–H groups in total. The lowest BCUT2D eigenvalue weighted by Crippen LogP contribution is -2.25. The fourth-order valence-electron chi connectivity index (χ4n) is 3.04. The fraction of sp³-hybridized carbons (Fsp3) is 0.136. The van der Waals surface area contributed by atoms with E-state index in [0.717, 1.165) is 0 Å². The average Bonchev–Trinajstić information content (AvgIpc) is 3.58. The van der Waals surface area contributed by atoms with Crippen LogP contribution in [0, 0.1) is 10.1 Å². The van der Waals surface area contributed by atoms with Crippen molar-refractivity contribution in [1.82, 2.24) is 15.1 Å². The first-order valence-corrected chi connectivity index (χ1v) is 10.5. The SMILES string of the molecule is Cn1cc(NC(=O)c2ccc(COc3ccc([N+](=O)[O-])cc3Cl)o2)c(C(=O)NCc2ccco2)n1. The highest BCUT2D eigenvalue weighted by atomic mass is 35.5. The second-order valence-electron chi connectivity index (χ2n) is 7.21. The van der Waals surface area contributed by atoms with E-state index in [1.807, 2.05) is 0 Å². The van der Waals surface area contributed by atoms with E-state index in [1.165, 1.54) is 47.5 Å². The largest absolute Gasteiger partial charge is 0.484 e. The van der Waals surface area contributed by atoms with Crippen molar-refractivity contribution in [2.75, 3.05) is 5.32 Å². The Bertz CT molecular complexity index is 1380. The Labute approximate surface area is 202 Å². The first kappa shape index (κ1) is 23.6. The molecular weight excluding hydrogens is 482 g/mol. The highest BCUT2D eigenvalue weighted by Gasteiger charge is 2.20. The van der Waals surface area contributed by atoms with Crippen LogP contribution in [-0.2, 0) is 20.2 Å². The van der Waals surface area contributed by atoms with Gasteiger partial charge in [-0.25, -0.2) is 0 Å². The Balaban J connectivity index is 1.38. The van der Waals surface area contributed by atoms with E-state index in [4.69, 9.17) is 25.2 Å². The molecule has 12 nitrogen and oxygen atoms in total. The number of hydrogen-bond donors (Lipinski definition) is 2. The van der Waals surface area contributed by atoms with Crippen molar-refractivity contribution in [3.8, 4) is 5.75 Å². The van der Waals surface area contributed by atoms with Crippen molar-refractivity contribution in [3.05, 3.63) is 93.0 Å². The number of aromatic nitrogens is 2. The Morgan fingerprint density at radius 3 is 2.74 bits per heavy atom. The number of carbonyl (C=O) groups excluding carboxylic acids is 2. The minimum absolute atomic E-state index is 0.0235. The Morgan fingerprint density at radius 1 is 1.20 bits per heavy atom. The van der Waals surface area contributed by atoms with Gasteiger partial charge in [0.15, 0.2) is 11.5 Å². The molecule has 0 aliphatic carbocycles. The standard InChI is InChI=1S/C22H18ClN5O7/c1-27-11-17(20(26-27)22(30)24-10-14-3-2-8-33-14)25-21(29)19-7-5-15(35-19)12-34-18-6-4-13(28(31)32)9-16(18)23/h2-9,11H,10,12H2,1H3,(H,24,30)(H,25,29). The van der Waals surface area contributed by atoms with Crippen LogP contribution >= 0.6 is 11.6 Å². The number of nitro groups is 1. The van der Waals surface area contributed by atoms with Gasteiger partial charge in [0.25, 0.3) is 17.5 Å². The number of hydrogen-bond acceptors (Lipinski definition) is 8. The summed E-state index contributed by atoms with van der Waals surface area (Å²) in [5.74, 6) is -0.0136. The Kier molecular flexibility index (Phi) is 6.83. The second-order valence-corrected chi connectivity index (χ2v) is 7.61. The molecule has 3 aromatic heterocycles. The minimum Gasteiger partial charge on any atom is -0.484 e. The summed E-state index contributed by atoms with van der Waals surface area (Å²) in [6, 6.07) is 10.2. The van der Waals surface area contributed by atoms with Gasteiger partial charge in [0.05, 0.1) is 28.4 Å². The molecule has 0 saturated heterocycles. The molecule has 180 valence electrons. The number of nitrogens with one attached hydrogen (secondary N) is 2. The van der Waals surface area contributed by atoms with Gasteiger partial charge in [-0.15, -0.1) is 0 Å². The maximum absolute atomic E-state index is 12.7. The summed E-state index contributed by atoms with van der Waals surface area (Å²) in [5.41, 5.74) is 0.0559. The number of aryl methyl sites for hydroxylation is 1. The first-order valence-electron chi connectivity index (χ1n) is 10.1. The lowest BCUT2D eigenvalue weighted by Gasteiger charge is -2.06. The van der Waals surface area contributed by atoms with Gasteiger partial charge >= 0.3 is 0 Å². The summed E-state index contributed by atoms with van der Waals surface area (Å²) in [5, 5.41) is 20.3. The maximum Gasteiger partial charge on any atom is 0.291 e. The number of non-ortho nitro benzene ring substituents is 1. The molecule has 0 aliphatic rings. The van der Waals surface area contributed by atoms with E-state index in [0.29, 0.717) is 11.5 Å². The molecule has 0 saturated carbocycles. The molecule has 3 heterocycles. The minimum atomic E-state index is -0.599. The first-order chi connectivity index (χ1) is 16.8. The monoisotopic (exact) mass is 499 g/mol. The number of furan rings is 2. The number of anilines is 1. The van der Waals surface area contributed by atoms with Crippen LogP contribution in [0.3, 0.4) is 0 Å². The molecule has 0 unspecified atom stereocenters. The van der Waals surface area contributed by atoms with E-state index < -0.39 is 16.7 Å². The summed E-state index contributed by atoms with van der Waals surface area (Å²) in [4.78, 5) is 35.4. The molecule has 1 aromatic carbocycles. The predicted octanol–water partition coefficient (Wildman–Crippen LogP) is 3.93. The summed E-state index contributed by atoms with van der Waals surface area (Å²) >= 11 is 6.01. The van der Waals surface area contributed by atoms with Crippen molar-refractivity contribution in [3.63, 3.8) is 0 Å². The second kappa shape index (κ2) is 10.1. The molecule has 0 fully saturated rings. The number of rotatable bonds is 9. The quantitative estimate of drug-likeness (QED) is 0.259. The van der Waals surface area contributed by atoms with Gasteiger partial charge in [0, 0.05) is 25.4 Å². The van der Waals surface area contributed by atoms with Gasteiger partial charge in [0.2, 0.25) is 0 Å². The molecule has 4 aromatic rings. The van der Waals surface area contributed by atoms with Crippen molar-refractivity contribution in [1.29, 1.82) is 0 Å². The van der Waals surface area contributed by atoms with Crippen LogP contribution < -0.4 is 15.4 Å². The predicted molar refractivity (Wildman–Crippen MR) is 122 cm³/mol. The Hall–Kier alpha value is -4.58. The van der Waals surface area contributed by atoms with Crippen LogP contribution in [0.15, 0.2) is 63.8 Å². The normalized spacial score (nSPS) is 10.7. The number of halogens is 1. The van der Waals surface area contributed by atoms with Gasteiger partial charge in [-0.3, -0.25) is 24.4 Å². The number of ether oxygens (including phenoxy) is 1. The molecule has 4 rings (SSSR count). The summed E-state index contributed by atoms with van der Waals surface area (Å²) in [6.45, 7) is 0.0915. The zero-order valence-corrected chi connectivity index (χ0v) is 18.9. The van der Waals surface area contributed by atoms with E-state index in [1.54, 1.807) is 19.2 Å². The van der Waals surface area contributed by atoms with Crippen molar-refractivity contribution < 1.29 is 28.1 Å². The van der Waals surface area contributed by atoms with Gasteiger partial charge < -0.3 is 24.2 Å². The maximum atomic E-state index is 12.7. The molecule has 35 heavy (non-hydrogen) atoms. The van der Waals surface area contributed by atoms with Gasteiger partial charge in [0.1, 0.15) is 23.9 Å². The zero-order chi connectivity index (χ0) is 24.9. The van der Waals surface area contributed by atoms with Crippen molar-refractivity contribution in [2.45, 2.75) is 13.2 Å². The van der Waals surface area contributed by atoms with E-state index >= 15 is 0 Å². The third kappa shape index (κ3) is 5.68. The molecule has 0 radical (unpaired) electrons. The molecule has 13 heteroatoms. The van der Waals surface area contributed by atoms with Crippen LogP contribution in [-0.4, -0.2) is 26.5 Å². The van der Waals surface area contributed by atoms with E-state index in [2.05, 4.69) is 15.7 Å². The molecule has 0 bridgehead atoms. The highest BCUT2D eigenvalue weighted by Crippen LogP contribution is 2.29. The highest BCUT2D eigenvalue weighted by molar-refractivity contribution is 6.32. The number of nitro benzene ring substituents is 1. The number of amides is 2. The molecule has 0 aliphatic heterocycles. The topological polar surface area (TPSA) is 155 Å². The Morgan fingerprint density at radius 2 is 2.03 bits per heavy atom. The van der Waals surface area contributed by atoms with Crippen LogP contribution in [0.5, 0.6) is 5.75 Å². The van der Waals surface area contributed by atoms with Gasteiger partial charge in [-0.1, -0.05) is 11.6 Å². The van der Waals surface area contributed by atoms with Gasteiger partial charge in [-0.05, 0) is 30.3 Å². The molecular formula is C22H18ClN5O7. The number of carbonyl (C=O) groups is 2. The van der Waals surface area contributed by atoms with Crippen LogP contribution in [0.25, 0.3) is 0 Å². The van der Waals surface area contributed by atoms with Crippen LogP contribution in [0.1, 0.15) is 32.6 Å². The number of benzene rings is 1. The molecule has 0 spiro atoms. The zero-order valence-electron chi connectivity index (χ0n) is 18.2. The van der Waals surface area contributed by atoms with Crippen molar-refractivity contribution >= 4 is 34.8 Å². The van der Waals surface area contributed by atoms with E-state index in [-0.39, 0.29) is 46.8 Å². The smallest absolute Gasteiger partial charge is 0.291 e. The summed E-state index contributed by atoms with van der Waals surface area (Å²) in [7, 11) is 1.62. The number of nitrogens with zero attached hydrogens (tertiary/aromatic N) is 3. The van der Waals surface area contributed by atoms with Crippen LogP contribution in [0.4, 0.5) is 11.4 Å². The lowest BCUT2D eigenvalue weighted by molar-refractivity contribution is -0.384. The third-order valence-corrected chi connectivity index (χ3v) is 4.97. The lowest BCUT2D eigenvalue weighted by atomic mass is 10.3. The van der Waals surface area contributed by atoms with E-state index in [9.17, 15) is 19.7 Å². The third-order valence-electron chi connectivity index (χ3n) is 4.68. The van der Waals surface area contributed by atoms with Crippen LogP contribution in [0.2, 0.25) is 5.02 Å².